The molecule has 2 aromatic rings. The summed E-state index contributed by atoms with van der Waals surface area (Å²) in [5.74, 6) is 0. The van der Waals surface area contributed by atoms with Crippen LogP contribution in [0.4, 0.5) is 0 Å². The van der Waals surface area contributed by atoms with Crippen LogP contribution in [0.5, 0.6) is 0 Å². The van der Waals surface area contributed by atoms with Crippen LogP contribution in [0.3, 0.4) is 0 Å². The van der Waals surface area contributed by atoms with Crippen molar-refractivity contribution in [2.45, 2.75) is 11.3 Å². The zero-order valence-electron chi connectivity index (χ0n) is 10.8. The van der Waals surface area contributed by atoms with E-state index in [0.29, 0.717) is 11.4 Å². The second-order valence-electron chi connectivity index (χ2n) is 4.35. The van der Waals surface area contributed by atoms with Crippen LogP contribution in [0.1, 0.15) is 5.56 Å². The Kier molecular flexibility index (Phi) is 5.68. The SMILES string of the molecule is O=S(=O)(NCCc1ccc(Cl)cc1)c1ccc(Br)cc1Cl. The van der Waals surface area contributed by atoms with Crippen molar-refractivity contribution in [3.63, 3.8) is 0 Å². The van der Waals surface area contributed by atoms with Crippen molar-refractivity contribution < 1.29 is 8.42 Å². The number of hydrogen-bond donors (Lipinski definition) is 1. The monoisotopic (exact) mass is 407 g/mol. The second kappa shape index (κ2) is 7.11. The Hall–Kier alpha value is -0.590. The first-order valence-corrected chi connectivity index (χ1v) is 9.11. The lowest BCUT2D eigenvalue weighted by atomic mass is 10.2. The minimum atomic E-state index is -3.61. The molecular formula is C14H12BrCl2NO2S. The summed E-state index contributed by atoms with van der Waals surface area (Å²) in [5, 5.41) is 0.837. The maximum atomic E-state index is 12.2. The highest BCUT2D eigenvalue weighted by Gasteiger charge is 2.17. The third-order valence-electron chi connectivity index (χ3n) is 2.80. The molecule has 0 atom stereocenters. The fourth-order valence-electron chi connectivity index (χ4n) is 1.75. The number of nitrogens with one attached hydrogen (secondary N) is 1. The molecule has 0 amide bonds. The first-order valence-electron chi connectivity index (χ1n) is 6.08. The maximum absolute atomic E-state index is 12.2. The normalized spacial score (nSPS) is 11.6. The minimum absolute atomic E-state index is 0.0727. The largest absolute Gasteiger partial charge is 0.242 e. The molecule has 7 heteroatoms. The van der Waals surface area contributed by atoms with Crippen LogP contribution in [0, 0.1) is 0 Å². The third-order valence-corrected chi connectivity index (χ3v) is 5.49. The lowest BCUT2D eigenvalue weighted by molar-refractivity contribution is 0.581. The maximum Gasteiger partial charge on any atom is 0.242 e. The van der Waals surface area contributed by atoms with Crippen molar-refractivity contribution in [1.29, 1.82) is 0 Å². The lowest BCUT2D eigenvalue weighted by Gasteiger charge is -2.08. The van der Waals surface area contributed by atoms with E-state index in [9.17, 15) is 8.42 Å². The lowest BCUT2D eigenvalue weighted by Crippen LogP contribution is -2.26. The predicted octanol–water partition coefficient (Wildman–Crippen LogP) is 4.28. The van der Waals surface area contributed by atoms with Crippen LogP contribution in [0.2, 0.25) is 10.0 Å². The van der Waals surface area contributed by atoms with Crippen LogP contribution in [-0.2, 0) is 16.4 Å². The summed E-state index contributed by atoms with van der Waals surface area (Å²) in [6.45, 7) is 0.288. The van der Waals surface area contributed by atoms with E-state index in [1.807, 2.05) is 12.1 Å². The van der Waals surface area contributed by atoms with E-state index in [-0.39, 0.29) is 16.5 Å². The molecule has 0 aliphatic rings. The molecule has 0 radical (unpaired) electrons. The molecule has 0 aliphatic carbocycles. The van der Waals surface area contributed by atoms with Gasteiger partial charge in [0.1, 0.15) is 4.90 Å². The van der Waals surface area contributed by atoms with Crippen LogP contribution < -0.4 is 4.72 Å². The van der Waals surface area contributed by atoms with Gasteiger partial charge in [-0.15, -0.1) is 0 Å². The molecule has 0 fully saturated rings. The van der Waals surface area contributed by atoms with Gasteiger partial charge < -0.3 is 0 Å². The standard InChI is InChI=1S/C14H12BrCl2NO2S/c15-11-3-6-14(13(17)9-11)21(19,20)18-8-7-10-1-4-12(16)5-2-10/h1-6,9,18H,7-8H2. The van der Waals surface area contributed by atoms with Gasteiger partial charge in [0, 0.05) is 16.0 Å². The summed E-state index contributed by atoms with van der Waals surface area (Å²) in [5.41, 5.74) is 1.00. The molecule has 112 valence electrons. The zero-order chi connectivity index (χ0) is 15.5. The number of rotatable bonds is 5. The number of sulfonamides is 1. The fourth-order valence-corrected chi connectivity index (χ4v) is 3.94. The summed E-state index contributed by atoms with van der Waals surface area (Å²) in [6.07, 6.45) is 0.574. The van der Waals surface area contributed by atoms with Crippen molar-refractivity contribution in [1.82, 2.24) is 4.72 Å². The zero-order valence-corrected chi connectivity index (χ0v) is 14.7. The van der Waals surface area contributed by atoms with Gasteiger partial charge in [0.15, 0.2) is 0 Å². The van der Waals surface area contributed by atoms with E-state index in [1.54, 1.807) is 24.3 Å². The Bertz CT molecular complexity index is 733. The third kappa shape index (κ3) is 4.69. The highest BCUT2D eigenvalue weighted by molar-refractivity contribution is 9.10. The van der Waals surface area contributed by atoms with E-state index in [2.05, 4.69) is 20.7 Å². The second-order valence-corrected chi connectivity index (χ2v) is 7.84. The van der Waals surface area contributed by atoms with Crippen molar-refractivity contribution >= 4 is 49.2 Å². The van der Waals surface area contributed by atoms with E-state index < -0.39 is 10.0 Å². The number of halogens is 3. The highest BCUT2D eigenvalue weighted by atomic mass is 79.9. The van der Waals surface area contributed by atoms with Gasteiger partial charge in [0.2, 0.25) is 10.0 Å². The van der Waals surface area contributed by atoms with Gasteiger partial charge in [-0.25, -0.2) is 13.1 Å². The Morgan fingerprint density at radius 3 is 2.33 bits per heavy atom. The topological polar surface area (TPSA) is 46.2 Å². The Morgan fingerprint density at radius 2 is 1.71 bits per heavy atom. The summed E-state index contributed by atoms with van der Waals surface area (Å²) in [6, 6.07) is 11.9. The summed E-state index contributed by atoms with van der Waals surface area (Å²) >= 11 is 15.0. The van der Waals surface area contributed by atoms with Crippen LogP contribution >= 0.6 is 39.1 Å². The summed E-state index contributed by atoms with van der Waals surface area (Å²) in [7, 11) is -3.61. The molecule has 0 bridgehead atoms. The quantitative estimate of drug-likeness (QED) is 0.802. The molecule has 0 saturated carbocycles. The van der Waals surface area contributed by atoms with Crippen molar-refractivity contribution in [3.05, 3.63) is 62.5 Å². The fraction of sp³-hybridized carbons (Fsp3) is 0.143. The molecule has 0 unspecified atom stereocenters. The Morgan fingerprint density at radius 1 is 1.05 bits per heavy atom. The van der Waals surface area contributed by atoms with Gasteiger partial charge in [0.25, 0.3) is 0 Å². The molecule has 2 rings (SSSR count). The first kappa shape index (κ1) is 16.8. The van der Waals surface area contributed by atoms with E-state index >= 15 is 0 Å². The smallest absolute Gasteiger partial charge is 0.211 e. The molecule has 0 heterocycles. The number of benzene rings is 2. The molecule has 0 saturated heterocycles. The molecule has 1 N–H and O–H groups in total. The minimum Gasteiger partial charge on any atom is -0.211 e. The van der Waals surface area contributed by atoms with Gasteiger partial charge in [-0.05, 0) is 42.3 Å². The molecule has 0 aliphatic heterocycles. The van der Waals surface area contributed by atoms with E-state index in [4.69, 9.17) is 23.2 Å². The first-order chi connectivity index (χ1) is 9.88. The highest BCUT2D eigenvalue weighted by Crippen LogP contribution is 2.25. The van der Waals surface area contributed by atoms with Gasteiger partial charge in [-0.2, -0.15) is 0 Å². The molecule has 2 aromatic carbocycles. The molecule has 3 nitrogen and oxygen atoms in total. The average Bonchev–Trinajstić information content (AvgIpc) is 2.40. The van der Waals surface area contributed by atoms with Gasteiger partial charge in [0.05, 0.1) is 5.02 Å². The Balaban J connectivity index is 2.03. The van der Waals surface area contributed by atoms with E-state index in [1.165, 1.54) is 6.07 Å². The predicted molar refractivity (Wildman–Crippen MR) is 89.5 cm³/mol. The molecular weight excluding hydrogens is 397 g/mol. The van der Waals surface area contributed by atoms with Gasteiger partial charge in [-0.3, -0.25) is 0 Å². The summed E-state index contributed by atoms with van der Waals surface area (Å²) < 4.78 is 27.6. The van der Waals surface area contributed by atoms with Crippen molar-refractivity contribution in [2.75, 3.05) is 6.54 Å². The van der Waals surface area contributed by atoms with Gasteiger partial charge >= 0.3 is 0 Å². The van der Waals surface area contributed by atoms with E-state index in [0.717, 1.165) is 10.0 Å². The molecule has 21 heavy (non-hydrogen) atoms. The molecule has 0 spiro atoms. The average molecular weight is 409 g/mol. The Labute approximate surface area is 142 Å². The van der Waals surface area contributed by atoms with Gasteiger partial charge in [-0.1, -0.05) is 51.3 Å². The van der Waals surface area contributed by atoms with Crippen LogP contribution in [0.15, 0.2) is 51.8 Å². The number of hydrogen-bond acceptors (Lipinski definition) is 2. The van der Waals surface area contributed by atoms with Crippen LogP contribution in [0.25, 0.3) is 0 Å². The van der Waals surface area contributed by atoms with Crippen LogP contribution in [-0.4, -0.2) is 15.0 Å². The summed E-state index contributed by atoms with van der Waals surface area (Å²) in [4.78, 5) is 0.0727. The molecule has 0 aromatic heterocycles. The van der Waals surface area contributed by atoms with Crippen molar-refractivity contribution in [2.24, 2.45) is 0 Å². The van der Waals surface area contributed by atoms with Crippen molar-refractivity contribution in [3.8, 4) is 0 Å².